The maximum atomic E-state index is 13.1. The van der Waals surface area contributed by atoms with E-state index in [0.29, 0.717) is 11.1 Å². The van der Waals surface area contributed by atoms with Gasteiger partial charge in [0.2, 0.25) is 0 Å². The van der Waals surface area contributed by atoms with Crippen molar-refractivity contribution in [1.29, 1.82) is 0 Å². The van der Waals surface area contributed by atoms with Gasteiger partial charge in [0.05, 0.1) is 16.1 Å². The first kappa shape index (κ1) is 20.6. The van der Waals surface area contributed by atoms with E-state index < -0.39 is 16.0 Å². The van der Waals surface area contributed by atoms with E-state index in [2.05, 4.69) is 4.72 Å². The number of carbonyl (C=O) groups is 2. The van der Waals surface area contributed by atoms with E-state index in [4.69, 9.17) is 4.74 Å². The van der Waals surface area contributed by atoms with Crippen molar-refractivity contribution in [1.82, 2.24) is 0 Å². The first-order chi connectivity index (χ1) is 12.5. The minimum atomic E-state index is -3.93. The van der Waals surface area contributed by atoms with Crippen LogP contribution in [0.1, 0.15) is 39.5 Å². The van der Waals surface area contributed by atoms with Crippen LogP contribution in [0.4, 0.5) is 5.69 Å². The van der Waals surface area contributed by atoms with Crippen LogP contribution in [0, 0.1) is 27.7 Å². The molecular formula is C20H23NO5S. The van der Waals surface area contributed by atoms with E-state index in [-0.39, 0.29) is 28.5 Å². The molecule has 0 aromatic heterocycles. The van der Waals surface area contributed by atoms with Crippen molar-refractivity contribution in [3.63, 3.8) is 0 Å². The topological polar surface area (TPSA) is 89.5 Å². The van der Waals surface area contributed by atoms with Crippen LogP contribution < -0.4 is 4.72 Å². The number of ketones is 1. The summed E-state index contributed by atoms with van der Waals surface area (Å²) >= 11 is 0. The summed E-state index contributed by atoms with van der Waals surface area (Å²) in [5.41, 5.74) is 3.19. The quantitative estimate of drug-likeness (QED) is 0.764. The molecule has 0 amide bonds. The fourth-order valence-electron chi connectivity index (χ4n) is 2.77. The SMILES string of the molecule is CC(=O)COC(=O)c1ccccc1NS(=O)(=O)c1c(C)c(C)cc(C)c1C. The summed E-state index contributed by atoms with van der Waals surface area (Å²) in [6.45, 7) is 8.15. The zero-order valence-corrected chi connectivity index (χ0v) is 16.9. The van der Waals surface area contributed by atoms with Gasteiger partial charge >= 0.3 is 5.97 Å². The highest BCUT2D eigenvalue weighted by atomic mass is 32.2. The molecular weight excluding hydrogens is 366 g/mol. The Kier molecular flexibility index (Phi) is 6.05. The lowest BCUT2D eigenvalue weighted by atomic mass is 10.0. The summed E-state index contributed by atoms with van der Waals surface area (Å²) < 4.78 is 33.5. The Hall–Kier alpha value is -2.67. The molecule has 2 aromatic carbocycles. The lowest BCUT2D eigenvalue weighted by molar-refractivity contribution is -0.120. The normalized spacial score (nSPS) is 11.1. The standard InChI is InChI=1S/C20H23NO5S/c1-12-10-13(2)16(5)19(15(12)4)27(24,25)21-18-9-7-6-8-17(18)20(23)26-11-14(3)22/h6-10,21H,11H2,1-5H3. The molecule has 0 saturated carbocycles. The lowest BCUT2D eigenvalue weighted by Crippen LogP contribution is -2.20. The van der Waals surface area contributed by atoms with Crippen molar-refractivity contribution < 1.29 is 22.7 Å². The number of esters is 1. The van der Waals surface area contributed by atoms with Crippen LogP contribution in [-0.4, -0.2) is 26.8 Å². The van der Waals surface area contributed by atoms with Gasteiger partial charge in [0, 0.05) is 0 Å². The molecule has 7 heteroatoms. The van der Waals surface area contributed by atoms with Crippen molar-refractivity contribution >= 4 is 27.5 Å². The largest absolute Gasteiger partial charge is 0.454 e. The van der Waals surface area contributed by atoms with Crippen molar-refractivity contribution in [2.24, 2.45) is 0 Å². The number of ether oxygens (including phenoxy) is 1. The highest BCUT2D eigenvalue weighted by molar-refractivity contribution is 7.92. The maximum Gasteiger partial charge on any atom is 0.340 e. The number of sulfonamides is 1. The number of hydrogen-bond acceptors (Lipinski definition) is 5. The van der Waals surface area contributed by atoms with Gasteiger partial charge in [-0.25, -0.2) is 13.2 Å². The Labute approximate surface area is 159 Å². The average Bonchev–Trinajstić information content (AvgIpc) is 2.58. The Morgan fingerprint density at radius 2 is 1.56 bits per heavy atom. The molecule has 2 rings (SSSR count). The monoisotopic (exact) mass is 389 g/mol. The second-order valence-corrected chi connectivity index (χ2v) is 8.14. The zero-order chi connectivity index (χ0) is 20.4. The average molecular weight is 389 g/mol. The molecule has 144 valence electrons. The molecule has 0 aliphatic heterocycles. The molecule has 0 heterocycles. The lowest BCUT2D eigenvalue weighted by Gasteiger charge is -2.18. The van der Waals surface area contributed by atoms with Crippen LogP contribution in [0.15, 0.2) is 35.2 Å². The molecule has 0 aliphatic rings. The third-order valence-electron chi connectivity index (χ3n) is 4.36. The van der Waals surface area contributed by atoms with Gasteiger partial charge in [0.25, 0.3) is 10.0 Å². The van der Waals surface area contributed by atoms with Crippen molar-refractivity contribution in [2.75, 3.05) is 11.3 Å². The van der Waals surface area contributed by atoms with Crippen LogP contribution in [-0.2, 0) is 19.6 Å². The van der Waals surface area contributed by atoms with Crippen LogP contribution in [0.5, 0.6) is 0 Å². The number of carbonyl (C=O) groups excluding carboxylic acids is 2. The van der Waals surface area contributed by atoms with Crippen LogP contribution >= 0.6 is 0 Å². The Balaban J connectivity index is 2.46. The summed E-state index contributed by atoms with van der Waals surface area (Å²) in [6, 6.07) is 8.07. The summed E-state index contributed by atoms with van der Waals surface area (Å²) in [5.74, 6) is -1.07. The molecule has 0 aliphatic carbocycles. The molecule has 0 atom stereocenters. The number of rotatable bonds is 6. The third kappa shape index (κ3) is 4.54. The van der Waals surface area contributed by atoms with E-state index in [1.165, 1.54) is 19.1 Å². The van der Waals surface area contributed by atoms with Crippen molar-refractivity contribution in [3.05, 3.63) is 58.1 Å². The zero-order valence-electron chi connectivity index (χ0n) is 16.0. The van der Waals surface area contributed by atoms with Gasteiger partial charge in [-0.3, -0.25) is 9.52 Å². The maximum absolute atomic E-state index is 13.1. The van der Waals surface area contributed by atoms with Crippen molar-refractivity contribution in [3.8, 4) is 0 Å². The molecule has 0 fully saturated rings. The molecule has 6 nitrogen and oxygen atoms in total. The molecule has 2 aromatic rings. The van der Waals surface area contributed by atoms with E-state index >= 15 is 0 Å². The molecule has 1 N–H and O–H groups in total. The van der Waals surface area contributed by atoms with E-state index in [0.717, 1.165) is 11.1 Å². The Morgan fingerprint density at radius 1 is 1.00 bits per heavy atom. The summed E-state index contributed by atoms with van der Waals surface area (Å²) in [7, 11) is -3.93. The highest BCUT2D eigenvalue weighted by Crippen LogP contribution is 2.29. The third-order valence-corrected chi connectivity index (χ3v) is 6.00. The predicted molar refractivity (Wildman–Crippen MR) is 104 cm³/mol. The van der Waals surface area contributed by atoms with Gasteiger partial charge in [-0.05, 0) is 69.0 Å². The van der Waals surface area contributed by atoms with Crippen LogP contribution in [0.25, 0.3) is 0 Å². The second-order valence-electron chi connectivity index (χ2n) is 6.52. The summed E-state index contributed by atoms with van der Waals surface area (Å²) in [5, 5.41) is 0. The van der Waals surface area contributed by atoms with E-state index in [1.54, 1.807) is 26.0 Å². The molecule has 27 heavy (non-hydrogen) atoms. The first-order valence-corrected chi connectivity index (χ1v) is 9.88. The number of para-hydroxylation sites is 1. The number of nitrogens with one attached hydrogen (secondary N) is 1. The molecule has 0 radical (unpaired) electrons. The van der Waals surface area contributed by atoms with Gasteiger partial charge in [-0.15, -0.1) is 0 Å². The fourth-order valence-corrected chi connectivity index (χ4v) is 4.47. The molecule has 0 bridgehead atoms. The second kappa shape index (κ2) is 7.92. The number of benzene rings is 2. The highest BCUT2D eigenvalue weighted by Gasteiger charge is 2.24. The smallest absolute Gasteiger partial charge is 0.340 e. The van der Waals surface area contributed by atoms with Crippen molar-refractivity contribution in [2.45, 2.75) is 39.5 Å². The van der Waals surface area contributed by atoms with Gasteiger partial charge in [0.1, 0.15) is 6.61 Å². The number of hydrogen-bond donors (Lipinski definition) is 1. The van der Waals surface area contributed by atoms with Gasteiger partial charge in [0.15, 0.2) is 5.78 Å². The minimum Gasteiger partial charge on any atom is -0.454 e. The Bertz CT molecular complexity index is 983. The fraction of sp³-hybridized carbons (Fsp3) is 0.300. The molecule has 0 spiro atoms. The van der Waals surface area contributed by atoms with Gasteiger partial charge < -0.3 is 4.74 Å². The predicted octanol–water partition coefficient (Wildman–Crippen LogP) is 3.47. The number of aryl methyl sites for hydroxylation is 2. The summed E-state index contributed by atoms with van der Waals surface area (Å²) in [6.07, 6.45) is 0. The van der Waals surface area contributed by atoms with E-state index in [9.17, 15) is 18.0 Å². The number of anilines is 1. The van der Waals surface area contributed by atoms with Crippen LogP contribution in [0.2, 0.25) is 0 Å². The number of Topliss-reactive ketones (excluding diaryl/α,β-unsaturated/α-hetero) is 1. The van der Waals surface area contributed by atoms with Gasteiger partial charge in [-0.2, -0.15) is 0 Å². The van der Waals surface area contributed by atoms with Crippen LogP contribution in [0.3, 0.4) is 0 Å². The first-order valence-electron chi connectivity index (χ1n) is 8.40. The Morgan fingerprint density at radius 3 is 2.11 bits per heavy atom. The summed E-state index contributed by atoms with van der Waals surface area (Å²) in [4.78, 5) is 23.5. The minimum absolute atomic E-state index is 0.0435. The molecule has 0 saturated heterocycles. The molecule has 0 unspecified atom stereocenters. The van der Waals surface area contributed by atoms with E-state index in [1.807, 2.05) is 19.9 Å². The van der Waals surface area contributed by atoms with Gasteiger partial charge in [-0.1, -0.05) is 18.2 Å².